The van der Waals surface area contributed by atoms with E-state index >= 15 is 0 Å². The van der Waals surface area contributed by atoms with Crippen molar-refractivity contribution in [2.24, 2.45) is 0 Å². The first kappa shape index (κ1) is 22.2. The highest BCUT2D eigenvalue weighted by atomic mass is 16.4. The Balaban J connectivity index is 0.000000439. The summed E-state index contributed by atoms with van der Waals surface area (Å²) in [5.74, 6) is -6.67. The summed E-state index contributed by atoms with van der Waals surface area (Å²) in [4.78, 5) is 20.6. The third-order valence-electron chi connectivity index (χ3n) is 2.63. The van der Waals surface area contributed by atoms with Crippen molar-refractivity contribution in [2.45, 2.75) is 13.8 Å². The summed E-state index contributed by atoms with van der Waals surface area (Å²) in [5, 5.41) is 69.9. The van der Waals surface area contributed by atoms with Crippen molar-refractivity contribution in [1.82, 2.24) is 0 Å². The largest absolute Gasteiger partial charge is 0.504 e. The first-order chi connectivity index (χ1) is 12.0. The maximum atomic E-state index is 10.3. The Bertz CT molecular complexity index is 684. The molecule has 0 aliphatic heterocycles. The van der Waals surface area contributed by atoms with Crippen LogP contribution in [0.1, 0.15) is 34.6 Å². The molecule has 2 aromatic carbocycles. The molecule has 0 amide bonds. The Hall–Kier alpha value is -3.82. The van der Waals surface area contributed by atoms with Crippen molar-refractivity contribution < 1.29 is 50.4 Å². The van der Waals surface area contributed by atoms with Crippen LogP contribution in [0.2, 0.25) is 0 Å². The summed E-state index contributed by atoms with van der Waals surface area (Å²) in [6.45, 7) is 4.00. The maximum absolute atomic E-state index is 10.3. The van der Waals surface area contributed by atoms with Gasteiger partial charge < -0.3 is 40.9 Å². The second-order valence-corrected chi connectivity index (χ2v) is 4.34. The second kappa shape index (κ2) is 9.47. The van der Waals surface area contributed by atoms with Gasteiger partial charge in [0, 0.05) is 0 Å². The van der Waals surface area contributed by atoms with Crippen LogP contribution in [0.5, 0.6) is 34.5 Å². The molecule has 0 aliphatic carbocycles. The molecular formula is C16H18O10. The fraction of sp³-hybridized carbons (Fsp3) is 0.125. The molecule has 8 N–H and O–H groups in total. The Morgan fingerprint density at radius 3 is 0.923 bits per heavy atom. The van der Waals surface area contributed by atoms with E-state index in [9.17, 15) is 9.59 Å². The number of hydrogen-bond acceptors (Lipinski definition) is 8. The number of carboxylic acids is 2. The lowest BCUT2D eigenvalue weighted by Gasteiger charge is -2.01. The van der Waals surface area contributed by atoms with Gasteiger partial charge in [-0.25, -0.2) is 9.59 Å². The molecule has 142 valence electrons. The van der Waals surface area contributed by atoms with Gasteiger partial charge in [0.05, 0.1) is 11.1 Å². The van der Waals surface area contributed by atoms with E-state index in [1.54, 1.807) is 0 Å². The van der Waals surface area contributed by atoms with Crippen LogP contribution in [0, 0.1) is 0 Å². The van der Waals surface area contributed by atoms with Crippen LogP contribution in [-0.2, 0) is 0 Å². The van der Waals surface area contributed by atoms with E-state index in [-0.39, 0.29) is 11.1 Å². The molecule has 0 bridgehead atoms. The Morgan fingerprint density at radius 2 is 0.769 bits per heavy atom. The van der Waals surface area contributed by atoms with Gasteiger partial charge >= 0.3 is 11.9 Å². The molecule has 10 nitrogen and oxygen atoms in total. The standard InChI is InChI=1S/2C7H6O5.C2H6/c2*8-4-1-3(7(11)12)2-5(9)6(4)10;1-2/h2*1-2,8-10H,(H,11,12);1-2H3. The summed E-state index contributed by atoms with van der Waals surface area (Å²) in [6.07, 6.45) is 0. The van der Waals surface area contributed by atoms with Crippen molar-refractivity contribution >= 4 is 11.9 Å². The highest BCUT2D eigenvalue weighted by molar-refractivity contribution is 5.89. The topological polar surface area (TPSA) is 196 Å². The van der Waals surface area contributed by atoms with Crippen molar-refractivity contribution in [1.29, 1.82) is 0 Å². The zero-order valence-electron chi connectivity index (χ0n) is 13.7. The van der Waals surface area contributed by atoms with Gasteiger partial charge in [-0.3, -0.25) is 0 Å². The molecule has 2 aromatic rings. The number of carbonyl (C=O) groups is 2. The lowest BCUT2D eigenvalue weighted by atomic mass is 10.2. The Labute approximate surface area is 147 Å². The molecule has 0 heterocycles. The van der Waals surface area contributed by atoms with E-state index in [1.165, 1.54) is 0 Å². The van der Waals surface area contributed by atoms with E-state index < -0.39 is 46.4 Å². The van der Waals surface area contributed by atoms with Crippen LogP contribution >= 0.6 is 0 Å². The molecule has 2 rings (SSSR count). The lowest BCUT2D eigenvalue weighted by Crippen LogP contribution is -1.95. The smallest absolute Gasteiger partial charge is 0.335 e. The number of phenolic OH excluding ortho intramolecular Hbond substituents is 6. The Morgan fingerprint density at radius 1 is 0.577 bits per heavy atom. The summed E-state index contributed by atoms with van der Waals surface area (Å²) in [5.41, 5.74) is -0.578. The van der Waals surface area contributed by atoms with Crippen molar-refractivity contribution in [3.05, 3.63) is 35.4 Å². The summed E-state index contributed by atoms with van der Waals surface area (Å²) >= 11 is 0. The third-order valence-corrected chi connectivity index (χ3v) is 2.63. The number of phenols is 6. The average molecular weight is 370 g/mol. The van der Waals surface area contributed by atoms with Crippen molar-refractivity contribution in [3.8, 4) is 34.5 Å². The number of benzene rings is 2. The van der Waals surface area contributed by atoms with Gasteiger partial charge in [0.15, 0.2) is 34.5 Å². The molecule has 10 heteroatoms. The monoisotopic (exact) mass is 370 g/mol. The Kier molecular flexibility index (Phi) is 8.08. The predicted molar refractivity (Wildman–Crippen MR) is 88.1 cm³/mol. The highest BCUT2D eigenvalue weighted by Crippen LogP contribution is 2.35. The van der Waals surface area contributed by atoms with Crippen LogP contribution in [0.4, 0.5) is 0 Å². The number of aromatic carboxylic acids is 2. The molecule has 0 aromatic heterocycles. The SMILES string of the molecule is CC.O=C(O)c1cc(O)c(O)c(O)c1.O=C(O)c1cc(O)c(O)c(O)c1. The predicted octanol–water partition coefficient (Wildman–Crippen LogP) is 2.03. The number of aromatic hydroxyl groups is 6. The fourth-order valence-electron chi connectivity index (χ4n) is 1.46. The molecule has 0 fully saturated rings. The first-order valence-corrected chi connectivity index (χ1v) is 7.01. The lowest BCUT2D eigenvalue weighted by molar-refractivity contribution is 0.0685. The van der Waals surface area contributed by atoms with Crippen LogP contribution in [0.25, 0.3) is 0 Å². The molecule has 0 aliphatic rings. The van der Waals surface area contributed by atoms with Crippen LogP contribution in [0.15, 0.2) is 24.3 Å². The highest BCUT2D eigenvalue weighted by Gasteiger charge is 2.12. The molecule has 0 atom stereocenters. The minimum Gasteiger partial charge on any atom is -0.504 e. The maximum Gasteiger partial charge on any atom is 0.335 e. The quantitative estimate of drug-likeness (QED) is 0.362. The van der Waals surface area contributed by atoms with Gasteiger partial charge in [0.25, 0.3) is 0 Å². The van der Waals surface area contributed by atoms with E-state index in [1.807, 2.05) is 13.8 Å². The van der Waals surface area contributed by atoms with Gasteiger partial charge in [-0.05, 0) is 24.3 Å². The number of carboxylic acid groups (broad SMARTS) is 2. The van der Waals surface area contributed by atoms with Crippen molar-refractivity contribution in [2.75, 3.05) is 0 Å². The zero-order chi connectivity index (χ0) is 20.6. The van der Waals surface area contributed by atoms with Gasteiger partial charge in [-0.15, -0.1) is 0 Å². The summed E-state index contributed by atoms with van der Waals surface area (Å²) in [6, 6.07) is 3.38. The van der Waals surface area contributed by atoms with E-state index in [0.29, 0.717) is 0 Å². The summed E-state index contributed by atoms with van der Waals surface area (Å²) in [7, 11) is 0. The molecule has 0 radical (unpaired) electrons. The van der Waals surface area contributed by atoms with Gasteiger partial charge in [0.2, 0.25) is 0 Å². The molecule has 0 spiro atoms. The number of hydrogen-bond donors (Lipinski definition) is 8. The molecular weight excluding hydrogens is 352 g/mol. The van der Waals surface area contributed by atoms with E-state index in [4.69, 9.17) is 40.9 Å². The molecule has 0 saturated carbocycles. The molecule has 26 heavy (non-hydrogen) atoms. The third kappa shape index (κ3) is 5.67. The van der Waals surface area contributed by atoms with Crippen LogP contribution in [0.3, 0.4) is 0 Å². The molecule has 0 unspecified atom stereocenters. The van der Waals surface area contributed by atoms with Gasteiger partial charge in [-0.2, -0.15) is 0 Å². The minimum atomic E-state index is -1.29. The summed E-state index contributed by atoms with van der Waals surface area (Å²) < 4.78 is 0. The second-order valence-electron chi connectivity index (χ2n) is 4.34. The van der Waals surface area contributed by atoms with Gasteiger partial charge in [0.1, 0.15) is 0 Å². The van der Waals surface area contributed by atoms with E-state index in [0.717, 1.165) is 24.3 Å². The van der Waals surface area contributed by atoms with Crippen LogP contribution < -0.4 is 0 Å². The average Bonchev–Trinajstić information content (AvgIpc) is 2.58. The van der Waals surface area contributed by atoms with Crippen LogP contribution in [-0.4, -0.2) is 52.8 Å². The first-order valence-electron chi connectivity index (χ1n) is 7.01. The number of rotatable bonds is 2. The molecule has 0 saturated heterocycles. The minimum absolute atomic E-state index is 0.289. The fourth-order valence-corrected chi connectivity index (χ4v) is 1.46. The normalized spacial score (nSPS) is 9.15. The zero-order valence-corrected chi connectivity index (χ0v) is 13.7. The van der Waals surface area contributed by atoms with E-state index in [2.05, 4.69) is 0 Å². The van der Waals surface area contributed by atoms with Gasteiger partial charge in [-0.1, -0.05) is 13.8 Å². The van der Waals surface area contributed by atoms with Crippen molar-refractivity contribution in [3.63, 3.8) is 0 Å².